The monoisotopic (exact) mass is 214 g/mol. The summed E-state index contributed by atoms with van der Waals surface area (Å²) in [6, 6.07) is 0. The van der Waals surface area contributed by atoms with Crippen molar-refractivity contribution in [3.63, 3.8) is 0 Å². The van der Waals surface area contributed by atoms with Gasteiger partial charge in [0.25, 0.3) is 0 Å². The van der Waals surface area contributed by atoms with E-state index in [0.29, 0.717) is 0 Å². The number of ketones is 2. The molecule has 2 atom stereocenters. The van der Waals surface area contributed by atoms with Crippen molar-refractivity contribution in [2.45, 2.75) is 34.6 Å². The summed E-state index contributed by atoms with van der Waals surface area (Å²) in [5, 5.41) is 0. The van der Waals surface area contributed by atoms with Crippen molar-refractivity contribution in [2.75, 3.05) is 6.61 Å². The first kappa shape index (κ1) is 13.8. The highest BCUT2D eigenvalue weighted by atomic mass is 16.5. The van der Waals surface area contributed by atoms with E-state index in [1.807, 2.05) is 0 Å². The molecule has 0 amide bonds. The molecule has 0 aromatic heterocycles. The Balaban J connectivity index is 5.15. The predicted molar refractivity (Wildman–Crippen MR) is 55.3 cm³/mol. The molecule has 0 aromatic rings. The van der Waals surface area contributed by atoms with Gasteiger partial charge in [-0.1, -0.05) is 6.92 Å². The van der Waals surface area contributed by atoms with E-state index in [4.69, 9.17) is 4.74 Å². The molecule has 0 unspecified atom stereocenters. The van der Waals surface area contributed by atoms with E-state index < -0.39 is 17.3 Å². The molecule has 0 aliphatic heterocycles. The van der Waals surface area contributed by atoms with Gasteiger partial charge in [-0.25, -0.2) is 0 Å². The van der Waals surface area contributed by atoms with Crippen LogP contribution in [-0.4, -0.2) is 24.1 Å². The highest BCUT2D eigenvalue weighted by molar-refractivity contribution is 6.06. The fourth-order valence-corrected chi connectivity index (χ4v) is 1.31. The van der Waals surface area contributed by atoms with Crippen LogP contribution in [0.15, 0.2) is 0 Å². The second-order valence-corrected chi connectivity index (χ2v) is 3.81. The van der Waals surface area contributed by atoms with Gasteiger partial charge in [0.1, 0.15) is 17.0 Å². The molecule has 0 aliphatic rings. The zero-order chi connectivity index (χ0) is 12.2. The summed E-state index contributed by atoms with van der Waals surface area (Å²) in [6.45, 7) is 7.56. The third-order valence-corrected chi connectivity index (χ3v) is 2.91. The minimum Gasteiger partial charge on any atom is -0.465 e. The van der Waals surface area contributed by atoms with Gasteiger partial charge in [-0.2, -0.15) is 0 Å². The SMILES string of the molecule is CCOC(=O)[C@@](C)(C(C)=O)[C@@H](C)C(C)=O. The fourth-order valence-electron chi connectivity index (χ4n) is 1.31. The maximum atomic E-state index is 11.7. The molecule has 4 heteroatoms. The van der Waals surface area contributed by atoms with Gasteiger partial charge in [0, 0.05) is 5.92 Å². The number of carbonyl (C=O) groups excluding carboxylic acids is 3. The normalized spacial score (nSPS) is 16.3. The van der Waals surface area contributed by atoms with E-state index in [1.54, 1.807) is 13.8 Å². The van der Waals surface area contributed by atoms with Crippen LogP contribution in [0.5, 0.6) is 0 Å². The van der Waals surface area contributed by atoms with Gasteiger partial charge >= 0.3 is 5.97 Å². The van der Waals surface area contributed by atoms with Gasteiger partial charge < -0.3 is 4.74 Å². The number of ether oxygens (including phenoxy) is 1. The topological polar surface area (TPSA) is 60.4 Å². The quantitative estimate of drug-likeness (QED) is 0.512. The Morgan fingerprint density at radius 1 is 1.27 bits per heavy atom. The van der Waals surface area contributed by atoms with Crippen LogP contribution in [-0.2, 0) is 19.1 Å². The average molecular weight is 214 g/mol. The minimum atomic E-state index is -1.36. The number of esters is 1. The van der Waals surface area contributed by atoms with Crippen LogP contribution < -0.4 is 0 Å². The molecule has 0 N–H and O–H groups in total. The molecular formula is C11H18O4. The molecule has 86 valence electrons. The van der Waals surface area contributed by atoms with Crippen LogP contribution in [0.3, 0.4) is 0 Å². The number of hydrogen-bond acceptors (Lipinski definition) is 4. The Kier molecular flexibility index (Phi) is 4.65. The van der Waals surface area contributed by atoms with Crippen LogP contribution in [0.2, 0.25) is 0 Å². The number of rotatable bonds is 5. The zero-order valence-corrected chi connectivity index (χ0v) is 9.92. The van der Waals surface area contributed by atoms with Crippen molar-refractivity contribution in [2.24, 2.45) is 11.3 Å². The highest BCUT2D eigenvalue weighted by Crippen LogP contribution is 2.30. The highest BCUT2D eigenvalue weighted by Gasteiger charge is 2.46. The summed E-state index contributed by atoms with van der Waals surface area (Å²) in [7, 11) is 0. The van der Waals surface area contributed by atoms with Crippen molar-refractivity contribution >= 4 is 17.5 Å². The van der Waals surface area contributed by atoms with E-state index >= 15 is 0 Å². The minimum absolute atomic E-state index is 0.194. The number of Topliss-reactive ketones (excluding diaryl/α,β-unsaturated/α-hetero) is 2. The molecular weight excluding hydrogens is 196 g/mol. The molecule has 0 bridgehead atoms. The van der Waals surface area contributed by atoms with Gasteiger partial charge in [0.05, 0.1) is 6.61 Å². The van der Waals surface area contributed by atoms with E-state index in [1.165, 1.54) is 20.8 Å². The van der Waals surface area contributed by atoms with Crippen molar-refractivity contribution in [1.82, 2.24) is 0 Å². The zero-order valence-electron chi connectivity index (χ0n) is 9.92. The van der Waals surface area contributed by atoms with E-state index in [0.717, 1.165) is 0 Å². The van der Waals surface area contributed by atoms with Crippen molar-refractivity contribution < 1.29 is 19.1 Å². The molecule has 0 heterocycles. The Hall–Kier alpha value is -1.19. The summed E-state index contributed by atoms with van der Waals surface area (Å²) < 4.78 is 4.83. The van der Waals surface area contributed by atoms with Crippen LogP contribution >= 0.6 is 0 Å². The van der Waals surface area contributed by atoms with E-state index in [9.17, 15) is 14.4 Å². The number of hydrogen-bond donors (Lipinski definition) is 0. The van der Waals surface area contributed by atoms with Crippen LogP contribution in [0.1, 0.15) is 34.6 Å². The van der Waals surface area contributed by atoms with Gasteiger partial charge in [-0.3, -0.25) is 14.4 Å². The molecule has 0 rings (SSSR count). The first-order valence-corrected chi connectivity index (χ1v) is 4.97. The maximum absolute atomic E-state index is 11.7. The lowest BCUT2D eigenvalue weighted by molar-refractivity contribution is -0.164. The molecule has 15 heavy (non-hydrogen) atoms. The standard InChI is InChI=1S/C11H18O4/c1-6-15-10(14)11(5,9(4)13)7(2)8(3)12/h7H,6H2,1-5H3/t7-,11+/m0/s1. The second-order valence-electron chi connectivity index (χ2n) is 3.81. The second kappa shape index (κ2) is 5.05. The smallest absolute Gasteiger partial charge is 0.320 e. The molecule has 0 aliphatic carbocycles. The maximum Gasteiger partial charge on any atom is 0.320 e. The first-order valence-electron chi connectivity index (χ1n) is 4.97. The Labute approximate surface area is 90.0 Å². The van der Waals surface area contributed by atoms with Gasteiger partial charge in [0.2, 0.25) is 0 Å². The molecule has 4 nitrogen and oxygen atoms in total. The molecule has 0 fully saturated rings. The first-order chi connectivity index (χ1) is 6.78. The Morgan fingerprint density at radius 3 is 2.00 bits per heavy atom. The summed E-state index contributed by atoms with van der Waals surface area (Å²) in [5.74, 6) is -1.82. The molecule has 0 radical (unpaired) electrons. The van der Waals surface area contributed by atoms with Crippen LogP contribution in [0.4, 0.5) is 0 Å². The van der Waals surface area contributed by atoms with Crippen LogP contribution in [0.25, 0.3) is 0 Å². The fraction of sp³-hybridized carbons (Fsp3) is 0.727. The lowest BCUT2D eigenvalue weighted by atomic mass is 9.73. The van der Waals surface area contributed by atoms with Gasteiger partial charge in [0.15, 0.2) is 0 Å². The molecule has 0 saturated heterocycles. The van der Waals surface area contributed by atoms with Crippen molar-refractivity contribution in [3.8, 4) is 0 Å². The third-order valence-electron chi connectivity index (χ3n) is 2.91. The van der Waals surface area contributed by atoms with Gasteiger partial charge in [-0.05, 0) is 27.7 Å². The van der Waals surface area contributed by atoms with Gasteiger partial charge in [-0.15, -0.1) is 0 Å². The lowest BCUT2D eigenvalue weighted by Gasteiger charge is -2.28. The summed E-state index contributed by atoms with van der Waals surface area (Å²) in [6.07, 6.45) is 0. The van der Waals surface area contributed by atoms with E-state index in [-0.39, 0.29) is 18.2 Å². The largest absolute Gasteiger partial charge is 0.465 e. The summed E-state index contributed by atoms with van der Waals surface area (Å²) in [4.78, 5) is 34.4. The predicted octanol–water partition coefficient (Wildman–Crippen LogP) is 1.37. The van der Waals surface area contributed by atoms with Crippen molar-refractivity contribution in [1.29, 1.82) is 0 Å². The van der Waals surface area contributed by atoms with Crippen molar-refractivity contribution in [3.05, 3.63) is 0 Å². The Bertz CT molecular complexity index is 282. The molecule has 0 saturated carbocycles. The third kappa shape index (κ3) is 2.64. The molecule has 0 aromatic carbocycles. The lowest BCUT2D eigenvalue weighted by Crippen LogP contribution is -2.44. The summed E-state index contributed by atoms with van der Waals surface area (Å²) in [5.41, 5.74) is -1.36. The molecule has 0 spiro atoms. The average Bonchev–Trinajstić information content (AvgIpc) is 2.15. The Morgan fingerprint density at radius 2 is 1.73 bits per heavy atom. The number of carbonyl (C=O) groups is 3. The summed E-state index contributed by atoms with van der Waals surface area (Å²) >= 11 is 0. The van der Waals surface area contributed by atoms with E-state index in [2.05, 4.69) is 0 Å². The van der Waals surface area contributed by atoms with Crippen LogP contribution in [0, 0.1) is 11.3 Å².